The van der Waals surface area contributed by atoms with Gasteiger partial charge in [0, 0.05) is 6.42 Å². The fraction of sp³-hybridized carbons (Fsp3) is 0.333. The van der Waals surface area contributed by atoms with E-state index in [2.05, 4.69) is 0 Å². The van der Waals surface area contributed by atoms with E-state index in [0.29, 0.717) is 5.56 Å². The first-order chi connectivity index (χ1) is 7.61. The van der Waals surface area contributed by atoms with Crippen LogP contribution in [-0.4, -0.2) is 23.5 Å². The van der Waals surface area contributed by atoms with E-state index in [-0.39, 0.29) is 18.8 Å². The second-order valence-corrected chi connectivity index (χ2v) is 3.45. The maximum Gasteiger partial charge on any atom is 0.337 e. The Bertz CT molecular complexity index is 359. The molecule has 1 rings (SSSR count). The number of carboxylic acid groups (broad SMARTS) is 1. The summed E-state index contributed by atoms with van der Waals surface area (Å²) < 4.78 is 5.18. The highest BCUT2D eigenvalue weighted by atomic mass is 16.5. The summed E-state index contributed by atoms with van der Waals surface area (Å²) in [6.07, 6.45) is -0.767. The lowest BCUT2D eigenvalue weighted by Crippen LogP contribution is -2.16. The number of hydrogen-bond acceptors (Lipinski definition) is 3. The minimum absolute atomic E-state index is 0.0165. The van der Waals surface area contributed by atoms with E-state index in [1.54, 1.807) is 30.3 Å². The van der Waals surface area contributed by atoms with Crippen LogP contribution in [-0.2, 0) is 14.3 Å². The number of benzene rings is 1. The van der Waals surface area contributed by atoms with Crippen LogP contribution in [0.4, 0.5) is 0 Å². The number of carboxylic acids is 1. The number of carbonyl (C=O) groups excluding carboxylic acids is 1. The first kappa shape index (κ1) is 12.4. The molecule has 86 valence electrons. The van der Waals surface area contributed by atoms with Crippen molar-refractivity contribution < 1.29 is 19.4 Å². The van der Waals surface area contributed by atoms with Gasteiger partial charge in [0.25, 0.3) is 0 Å². The first-order valence-corrected chi connectivity index (χ1v) is 5.00. The molecular weight excluding hydrogens is 208 g/mol. The molecule has 0 spiro atoms. The van der Waals surface area contributed by atoms with Gasteiger partial charge in [-0.25, -0.2) is 4.79 Å². The fourth-order valence-corrected chi connectivity index (χ4v) is 1.26. The van der Waals surface area contributed by atoms with Crippen molar-refractivity contribution >= 4 is 11.8 Å². The number of carbonyl (C=O) groups is 2. The van der Waals surface area contributed by atoms with Crippen LogP contribution in [0.25, 0.3) is 0 Å². The Labute approximate surface area is 93.9 Å². The highest BCUT2D eigenvalue weighted by Gasteiger charge is 2.19. The SMILES string of the molecule is CC(=O)CCOC(C(=O)O)c1ccccc1. The zero-order valence-electron chi connectivity index (χ0n) is 9.05. The third-order valence-corrected chi connectivity index (χ3v) is 2.07. The van der Waals surface area contributed by atoms with Gasteiger partial charge in [0.2, 0.25) is 0 Å². The molecule has 0 heterocycles. The van der Waals surface area contributed by atoms with E-state index in [1.807, 2.05) is 0 Å². The van der Waals surface area contributed by atoms with Gasteiger partial charge in [-0.2, -0.15) is 0 Å². The molecule has 0 aliphatic heterocycles. The Morgan fingerprint density at radius 2 is 1.94 bits per heavy atom. The Hall–Kier alpha value is -1.68. The summed E-state index contributed by atoms with van der Waals surface area (Å²) >= 11 is 0. The third kappa shape index (κ3) is 3.82. The molecule has 0 aliphatic carbocycles. The van der Waals surface area contributed by atoms with Crippen LogP contribution in [0.3, 0.4) is 0 Å². The van der Waals surface area contributed by atoms with E-state index in [0.717, 1.165) is 0 Å². The van der Waals surface area contributed by atoms with Crippen LogP contribution >= 0.6 is 0 Å². The second-order valence-electron chi connectivity index (χ2n) is 3.45. The molecule has 4 heteroatoms. The molecule has 0 saturated heterocycles. The fourth-order valence-electron chi connectivity index (χ4n) is 1.26. The van der Waals surface area contributed by atoms with Gasteiger partial charge in [0.05, 0.1) is 6.61 Å². The molecule has 0 fully saturated rings. The Morgan fingerprint density at radius 3 is 2.44 bits per heavy atom. The normalized spacial score (nSPS) is 12.1. The molecule has 0 saturated carbocycles. The van der Waals surface area contributed by atoms with Gasteiger partial charge >= 0.3 is 5.97 Å². The smallest absolute Gasteiger partial charge is 0.337 e. The van der Waals surface area contributed by atoms with E-state index in [4.69, 9.17) is 9.84 Å². The lowest BCUT2D eigenvalue weighted by Gasteiger charge is -2.13. The molecule has 1 atom stereocenters. The molecule has 0 aromatic heterocycles. The highest BCUT2D eigenvalue weighted by Crippen LogP contribution is 2.17. The number of aliphatic carboxylic acids is 1. The minimum Gasteiger partial charge on any atom is -0.479 e. The maximum atomic E-state index is 11.0. The molecule has 0 amide bonds. The average molecular weight is 222 g/mol. The van der Waals surface area contributed by atoms with Crippen LogP contribution in [0, 0.1) is 0 Å². The molecule has 1 unspecified atom stereocenters. The van der Waals surface area contributed by atoms with Crippen molar-refractivity contribution in [2.45, 2.75) is 19.4 Å². The molecule has 1 N–H and O–H groups in total. The molecular formula is C12H14O4. The Kier molecular flexibility index (Phi) is 4.66. The Morgan fingerprint density at radius 1 is 1.31 bits per heavy atom. The van der Waals surface area contributed by atoms with Crippen LogP contribution in [0.1, 0.15) is 25.0 Å². The van der Waals surface area contributed by atoms with E-state index in [1.165, 1.54) is 6.92 Å². The second kappa shape index (κ2) is 6.02. The van der Waals surface area contributed by atoms with Gasteiger partial charge in [0.1, 0.15) is 5.78 Å². The third-order valence-electron chi connectivity index (χ3n) is 2.07. The summed E-state index contributed by atoms with van der Waals surface area (Å²) in [6.45, 7) is 1.57. The van der Waals surface area contributed by atoms with Gasteiger partial charge in [-0.15, -0.1) is 0 Å². The molecule has 0 aliphatic rings. The van der Waals surface area contributed by atoms with Crippen LogP contribution in [0.15, 0.2) is 30.3 Å². The van der Waals surface area contributed by atoms with Crippen LogP contribution < -0.4 is 0 Å². The molecule has 16 heavy (non-hydrogen) atoms. The summed E-state index contributed by atoms with van der Waals surface area (Å²) in [4.78, 5) is 21.7. The summed E-state index contributed by atoms with van der Waals surface area (Å²) in [5, 5.41) is 8.98. The van der Waals surface area contributed by atoms with E-state index >= 15 is 0 Å². The molecule has 1 aromatic rings. The summed E-state index contributed by atoms with van der Waals surface area (Å²) in [6, 6.07) is 8.68. The molecule has 4 nitrogen and oxygen atoms in total. The molecule has 0 bridgehead atoms. The molecule has 0 radical (unpaired) electrons. The number of rotatable bonds is 6. The lowest BCUT2D eigenvalue weighted by atomic mass is 10.1. The van der Waals surface area contributed by atoms with Gasteiger partial charge in [0.15, 0.2) is 6.10 Å². The van der Waals surface area contributed by atoms with Crippen molar-refractivity contribution in [1.29, 1.82) is 0 Å². The monoisotopic (exact) mass is 222 g/mol. The maximum absolute atomic E-state index is 11.0. The van der Waals surface area contributed by atoms with Crippen molar-refractivity contribution in [3.05, 3.63) is 35.9 Å². The van der Waals surface area contributed by atoms with Gasteiger partial charge < -0.3 is 9.84 Å². The van der Waals surface area contributed by atoms with E-state index < -0.39 is 12.1 Å². The predicted octanol–water partition coefficient (Wildman–Crippen LogP) is 1.81. The van der Waals surface area contributed by atoms with Crippen molar-refractivity contribution in [3.63, 3.8) is 0 Å². The first-order valence-electron chi connectivity index (χ1n) is 5.00. The zero-order chi connectivity index (χ0) is 12.0. The summed E-state index contributed by atoms with van der Waals surface area (Å²) in [5.74, 6) is -1.06. The number of ketones is 1. The van der Waals surface area contributed by atoms with Gasteiger partial charge in [-0.05, 0) is 12.5 Å². The van der Waals surface area contributed by atoms with Gasteiger partial charge in [-0.1, -0.05) is 30.3 Å². The Balaban J connectivity index is 2.62. The molecule has 1 aromatic carbocycles. The summed E-state index contributed by atoms with van der Waals surface area (Å²) in [5.41, 5.74) is 0.582. The minimum atomic E-state index is -1.05. The van der Waals surface area contributed by atoms with Crippen LogP contribution in [0.2, 0.25) is 0 Å². The number of Topliss-reactive ketones (excluding diaryl/α,β-unsaturated/α-hetero) is 1. The summed E-state index contributed by atoms with van der Waals surface area (Å²) in [7, 11) is 0. The van der Waals surface area contributed by atoms with Crippen molar-refractivity contribution in [3.8, 4) is 0 Å². The topological polar surface area (TPSA) is 63.6 Å². The zero-order valence-corrected chi connectivity index (χ0v) is 9.05. The number of ether oxygens (including phenoxy) is 1. The van der Waals surface area contributed by atoms with Crippen molar-refractivity contribution in [2.75, 3.05) is 6.61 Å². The predicted molar refractivity (Wildman–Crippen MR) is 58.1 cm³/mol. The van der Waals surface area contributed by atoms with Gasteiger partial charge in [-0.3, -0.25) is 4.79 Å². The highest BCUT2D eigenvalue weighted by molar-refractivity contribution is 5.76. The van der Waals surface area contributed by atoms with Crippen LogP contribution in [0.5, 0.6) is 0 Å². The number of hydrogen-bond donors (Lipinski definition) is 1. The average Bonchev–Trinajstić information content (AvgIpc) is 2.25. The lowest BCUT2D eigenvalue weighted by molar-refractivity contribution is -0.151. The van der Waals surface area contributed by atoms with E-state index in [9.17, 15) is 9.59 Å². The van der Waals surface area contributed by atoms with Crippen molar-refractivity contribution in [2.24, 2.45) is 0 Å². The van der Waals surface area contributed by atoms with Crippen molar-refractivity contribution in [1.82, 2.24) is 0 Å². The quantitative estimate of drug-likeness (QED) is 0.797. The standard InChI is InChI=1S/C12H14O4/c1-9(13)7-8-16-11(12(14)15)10-5-3-2-4-6-10/h2-6,11H,7-8H2,1H3,(H,14,15). The largest absolute Gasteiger partial charge is 0.479 e.